The van der Waals surface area contributed by atoms with Gasteiger partial charge < -0.3 is 15.3 Å². The van der Waals surface area contributed by atoms with E-state index in [9.17, 15) is 22.4 Å². The molecule has 0 radical (unpaired) electrons. The van der Waals surface area contributed by atoms with Gasteiger partial charge in [0.05, 0.1) is 23.6 Å². The zero-order valence-electron chi connectivity index (χ0n) is 18.6. The first-order valence-corrected chi connectivity index (χ1v) is 12.4. The molecule has 0 spiro atoms. The molecule has 35 heavy (non-hydrogen) atoms. The van der Waals surface area contributed by atoms with E-state index in [1.165, 1.54) is 47.5 Å². The number of primary sulfonamides is 1. The Balaban J connectivity index is 1.54. The van der Waals surface area contributed by atoms with Crippen LogP contribution in [0.15, 0.2) is 59.8 Å². The predicted octanol–water partition coefficient (Wildman–Crippen LogP) is 2.83. The molecule has 1 fully saturated rings. The SMILES string of the molecule is NS(=O)(=O)c1cc(NC(=O)Cc2ccccc2F)ccc1-c1cnn(C2CCN(C(=O)O)CC2)c1. The van der Waals surface area contributed by atoms with E-state index in [0.717, 1.165) is 0 Å². The number of anilines is 1. The van der Waals surface area contributed by atoms with Gasteiger partial charge in [0.25, 0.3) is 0 Å². The van der Waals surface area contributed by atoms with Crippen molar-refractivity contribution < 1.29 is 27.5 Å². The molecular weight excluding hydrogens is 477 g/mol. The van der Waals surface area contributed by atoms with E-state index in [2.05, 4.69) is 10.4 Å². The Morgan fingerprint density at radius 2 is 1.89 bits per heavy atom. The van der Waals surface area contributed by atoms with Crippen LogP contribution in [0.4, 0.5) is 14.9 Å². The highest BCUT2D eigenvalue weighted by atomic mass is 32.2. The first kappa shape index (κ1) is 24.4. The predicted molar refractivity (Wildman–Crippen MR) is 126 cm³/mol. The van der Waals surface area contributed by atoms with E-state index < -0.39 is 27.8 Å². The molecule has 1 saturated heterocycles. The smallest absolute Gasteiger partial charge is 0.407 e. The van der Waals surface area contributed by atoms with Gasteiger partial charge in [-0.1, -0.05) is 24.3 Å². The molecule has 2 heterocycles. The molecule has 1 aromatic heterocycles. The van der Waals surface area contributed by atoms with Crippen LogP contribution in [0.2, 0.25) is 0 Å². The number of aromatic nitrogens is 2. The molecule has 10 nitrogen and oxygen atoms in total. The van der Waals surface area contributed by atoms with Crippen LogP contribution in [0.1, 0.15) is 24.4 Å². The summed E-state index contributed by atoms with van der Waals surface area (Å²) in [6.45, 7) is 0.776. The zero-order valence-corrected chi connectivity index (χ0v) is 19.4. The second kappa shape index (κ2) is 9.84. The normalized spacial score (nSPS) is 14.6. The number of sulfonamides is 1. The topological polar surface area (TPSA) is 148 Å². The molecule has 0 atom stereocenters. The number of piperidine rings is 1. The van der Waals surface area contributed by atoms with Crippen molar-refractivity contribution in [1.29, 1.82) is 0 Å². The molecule has 4 N–H and O–H groups in total. The van der Waals surface area contributed by atoms with E-state index in [1.807, 2.05) is 0 Å². The van der Waals surface area contributed by atoms with E-state index in [1.54, 1.807) is 16.9 Å². The molecule has 0 bridgehead atoms. The van der Waals surface area contributed by atoms with Crippen molar-refractivity contribution in [2.75, 3.05) is 18.4 Å². The Bertz CT molecular complexity index is 1370. The van der Waals surface area contributed by atoms with Crippen molar-refractivity contribution in [3.8, 4) is 11.1 Å². The number of rotatable bonds is 6. The molecule has 0 saturated carbocycles. The molecule has 2 aromatic carbocycles. The molecule has 12 heteroatoms. The van der Waals surface area contributed by atoms with Crippen molar-refractivity contribution in [2.45, 2.75) is 30.2 Å². The average molecular weight is 502 g/mol. The highest BCUT2D eigenvalue weighted by Crippen LogP contribution is 2.31. The first-order chi connectivity index (χ1) is 16.6. The zero-order chi connectivity index (χ0) is 25.2. The third kappa shape index (κ3) is 5.66. The van der Waals surface area contributed by atoms with Gasteiger partial charge in [0.2, 0.25) is 15.9 Å². The fraction of sp³-hybridized carbons (Fsp3) is 0.261. The van der Waals surface area contributed by atoms with Gasteiger partial charge in [0, 0.05) is 36.1 Å². The monoisotopic (exact) mass is 501 g/mol. The summed E-state index contributed by atoms with van der Waals surface area (Å²) >= 11 is 0. The van der Waals surface area contributed by atoms with Crippen molar-refractivity contribution in [3.63, 3.8) is 0 Å². The van der Waals surface area contributed by atoms with E-state index >= 15 is 0 Å². The van der Waals surface area contributed by atoms with Crippen LogP contribution in [0, 0.1) is 5.82 Å². The summed E-state index contributed by atoms with van der Waals surface area (Å²) in [5.74, 6) is -1.02. The lowest BCUT2D eigenvalue weighted by molar-refractivity contribution is -0.115. The minimum Gasteiger partial charge on any atom is -0.465 e. The molecule has 0 aliphatic carbocycles. The van der Waals surface area contributed by atoms with E-state index in [-0.39, 0.29) is 28.6 Å². The number of nitrogens with one attached hydrogen (secondary N) is 1. The van der Waals surface area contributed by atoms with Gasteiger partial charge in [-0.05, 0) is 36.6 Å². The lowest BCUT2D eigenvalue weighted by atomic mass is 10.1. The minimum atomic E-state index is -4.16. The third-order valence-corrected chi connectivity index (χ3v) is 6.85. The summed E-state index contributed by atoms with van der Waals surface area (Å²) in [4.78, 5) is 24.6. The maximum Gasteiger partial charge on any atom is 0.407 e. The molecule has 184 valence electrons. The number of nitrogens with two attached hydrogens (primary N) is 1. The Kier molecular flexibility index (Phi) is 6.85. The van der Waals surface area contributed by atoms with Gasteiger partial charge in [-0.2, -0.15) is 5.10 Å². The van der Waals surface area contributed by atoms with Gasteiger partial charge in [0.15, 0.2) is 0 Å². The Morgan fingerprint density at radius 1 is 1.17 bits per heavy atom. The Labute approximate surface area is 201 Å². The number of amides is 2. The second-order valence-corrected chi connectivity index (χ2v) is 9.81. The summed E-state index contributed by atoms with van der Waals surface area (Å²) in [6, 6.07) is 10.2. The first-order valence-electron chi connectivity index (χ1n) is 10.8. The van der Waals surface area contributed by atoms with Gasteiger partial charge >= 0.3 is 6.09 Å². The summed E-state index contributed by atoms with van der Waals surface area (Å²) in [5, 5.41) is 21.5. The van der Waals surface area contributed by atoms with Gasteiger partial charge in [-0.3, -0.25) is 9.48 Å². The van der Waals surface area contributed by atoms with Crippen LogP contribution in [-0.2, 0) is 21.2 Å². The summed E-state index contributed by atoms with van der Waals surface area (Å²) in [7, 11) is -4.16. The van der Waals surface area contributed by atoms with Crippen LogP contribution in [0.5, 0.6) is 0 Å². The van der Waals surface area contributed by atoms with Crippen molar-refractivity contribution >= 4 is 27.7 Å². The van der Waals surface area contributed by atoms with Gasteiger partial charge in [-0.15, -0.1) is 0 Å². The van der Waals surface area contributed by atoms with Gasteiger partial charge in [-0.25, -0.2) is 22.7 Å². The van der Waals surface area contributed by atoms with Crippen LogP contribution in [0.25, 0.3) is 11.1 Å². The standard InChI is InChI=1S/C23H24FN5O5S/c24-20-4-2-1-3-15(20)11-22(30)27-17-5-6-19(21(12-17)35(25,33)34)16-13-26-29(14-16)18-7-9-28(10-8-18)23(31)32/h1-6,12-14,18H,7-11H2,(H,27,30)(H,31,32)(H2,25,33,34). The quantitative estimate of drug-likeness (QED) is 0.473. The summed E-state index contributed by atoms with van der Waals surface area (Å²) < 4.78 is 40.2. The maximum atomic E-state index is 13.8. The lowest BCUT2D eigenvalue weighted by Gasteiger charge is -2.30. The number of hydrogen-bond acceptors (Lipinski definition) is 5. The molecule has 1 aliphatic heterocycles. The van der Waals surface area contributed by atoms with Crippen molar-refractivity contribution in [3.05, 3.63) is 66.2 Å². The number of carboxylic acid groups (broad SMARTS) is 1. The number of carbonyl (C=O) groups is 2. The second-order valence-electron chi connectivity index (χ2n) is 8.28. The lowest BCUT2D eigenvalue weighted by Crippen LogP contribution is -2.38. The number of carbonyl (C=O) groups excluding carboxylic acids is 1. The number of benzene rings is 2. The highest BCUT2D eigenvalue weighted by molar-refractivity contribution is 7.89. The molecule has 2 amide bonds. The summed E-state index contributed by atoms with van der Waals surface area (Å²) in [5.41, 5.74) is 1.25. The summed E-state index contributed by atoms with van der Waals surface area (Å²) in [6.07, 6.45) is 3.21. The van der Waals surface area contributed by atoms with E-state index in [0.29, 0.717) is 37.1 Å². The van der Waals surface area contributed by atoms with Gasteiger partial charge in [0.1, 0.15) is 5.82 Å². The molecule has 1 aliphatic rings. The van der Waals surface area contributed by atoms with Crippen LogP contribution < -0.4 is 10.5 Å². The highest BCUT2D eigenvalue weighted by Gasteiger charge is 2.25. The largest absolute Gasteiger partial charge is 0.465 e. The van der Waals surface area contributed by atoms with Crippen LogP contribution in [-0.4, -0.2) is 53.3 Å². The van der Waals surface area contributed by atoms with E-state index in [4.69, 9.17) is 10.2 Å². The Hall–Kier alpha value is -3.77. The Morgan fingerprint density at radius 3 is 2.54 bits per heavy atom. The fourth-order valence-corrected chi connectivity index (χ4v) is 4.88. The third-order valence-electron chi connectivity index (χ3n) is 5.90. The number of halogens is 1. The average Bonchev–Trinajstić information content (AvgIpc) is 3.30. The van der Waals surface area contributed by atoms with Crippen LogP contribution in [0.3, 0.4) is 0 Å². The fourth-order valence-electron chi connectivity index (χ4n) is 4.09. The van der Waals surface area contributed by atoms with Crippen molar-refractivity contribution in [2.24, 2.45) is 5.14 Å². The molecule has 0 unspecified atom stereocenters. The molecular formula is C23H24FN5O5S. The number of hydrogen-bond donors (Lipinski definition) is 3. The molecule has 4 rings (SSSR count). The van der Waals surface area contributed by atoms with Crippen molar-refractivity contribution in [1.82, 2.24) is 14.7 Å². The molecule has 3 aromatic rings. The minimum absolute atomic E-state index is 0.0192. The maximum absolute atomic E-state index is 13.8. The number of likely N-dealkylation sites (tertiary alicyclic amines) is 1. The number of nitrogens with zero attached hydrogens (tertiary/aromatic N) is 3. The van der Waals surface area contributed by atoms with Crippen LogP contribution >= 0.6 is 0 Å².